The van der Waals surface area contributed by atoms with Gasteiger partial charge in [-0.1, -0.05) is 31.9 Å². The van der Waals surface area contributed by atoms with Gasteiger partial charge < -0.3 is 10.2 Å². The molecule has 0 radical (unpaired) electrons. The van der Waals surface area contributed by atoms with E-state index in [4.69, 9.17) is 0 Å². The molecule has 2 aliphatic heterocycles. The van der Waals surface area contributed by atoms with Gasteiger partial charge in [-0.2, -0.15) is 5.10 Å². The quantitative estimate of drug-likeness (QED) is 0.290. The molecule has 2 saturated heterocycles. The zero-order chi connectivity index (χ0) is 29.1. The fourth-order valence-electron chi connectivity index (χ4n) is 5.93. The first-order valence-corrected chi connectivity index (χ1v) is 14.8. The molecule has 10 heteroatoms. The van der Waals surface area contributed by atoms with Crippen molar-refractivity contribution in [3.05, 3.63) is 71.8 Å². The van der Waals surface area contributed by atoms with Gasteiger partial charge in [0.2, 0.25) is 0 Å². The molecule has 1 atom stereocenters. The van der Waals surface area contributed by atoms with E-state index in [0.717, 1.165) is 52.6 Å². The van der Waals surface area contributed by atoms with E-state index in [2.05, 4.69) is 37.3 Å². The number of nitrogens with zero attached hydrogens (tertiary/aromatic N) is 5. The van der Waals surface area contributed by atoms with E-state index in [9.17, 15) is 13.6 Å². The SMILES string of the molecule is CC1CCCCN(c2ccc(CNC(=O)c3n[nH]c4ccc(-c5cncc(CN6CCC(F)(F)C6)c5)cc34)cn2)CC1. The van der Waals surface area contributed by atoms with Crippen LogP contribution in [0.15, 0.2) is 55.0 Å². The average molecular weight is 574 g/mol. The molecule has 5 heterocycles. The second-order valence-corrected chi connectivity index (χ2v) is 11.8. The molecule has 0 aliphatic carbocycles. The molecule has 1 amide bonds. The van der Waals surface area contributed by atoms with Gasteiger partial charge in [0.25, 0.3) is 11.8 Å². The Morgan fingerprint density at radius 1 is 1.02 bits per heavy atom. The van der Waals surface area contributed by atoms with Crippen molar-refractivity contribution in [1.82, 2.24) is 30.4 Å². The summed E-state index contributed by atoms with van der Waals surface area (Å²) in [5, 5.41) is 10.9. The van der Waals surface area contributed by atoms with Crippen molar-refractivity contribution >= 4 is 22.6 Å². The molecule has 8 nitrogen and oxygen atoms in total. The number of likely N-dealkylation sites (tertiary alicyclic amines) is 1. The molecule has 2 aliphatic rings. The van der Waals surface area contributed by atoms with Crippen LogP contribution in [0.5, 0.6) is 0 Å². The molecule has 0 spiro atoms. The van der Waals surface area contributed by atoms with Crippen molar-refractivity contribution in [2.24, 2.45) is 5.92 Å². The lowest BCUT2D eigenvalue weighted by atomic mass is 9.98. The molecule has 4 aromatic rings. The van der Waals surface area contributed by atoms with Crippen LogP contribution in [0.1, 0.15) is 60.6 Å². The number of aromatic nitrogens is 4. The van der Waals surface area contributed by atoms with E-state index >= 15 is 0 Å². The average Bonchev–Trinajstić information content (AvgIpc) is 3.56. The highest BCUT2D eigenvalue weighted by Crippen LogP contribution is 2.29. The minimum absolute atomic E-state index is 0.109. The zero-order valence-corrected chi connectivity index (χ0v) is 24.0. The van der Waals surface area contributed by atoms with Gasteiger partial charge in [0, 0.05) is 68.7 Å². The molecule has 3 aromatic heterocycles. The maximum Gasteiger partial charge on any atom is 0.272 e. The third-order valence-corrected chi connectivity index (χ3v) is 8.41. The number of halogens is 2. The van der Waals surface area contributed by atoms with Crippen molar-refractivity contribution in [3.8, 4) is 11.1 Å². The lowest BCUT2D eigenvalue weighted by Gasteiger charge is -2.28. The topological polar surface area (TPSA) is 90.0 Å². The molecule has 220 valence electrons. The number of benzene rings is 1. The van der Waals surface area contributed by atoms with Gasteiger partial charge in [-0.05, 0) is 59.7 Å². The third-order valence-electron chi connectivity index (χ3n) is 8.41. The van der Waals surface area contributed by atoms with Gasteiger partial charge in [-0.3, -0.25) is 19.8 Å². The first-order valence-electron chi connectivity index (χ1n) is 14.8. The Labute approximate surface area is 244 Å². The van der Waals surface area contributed by atoms with E-state index in [-0.39, 0.29) is 18.9 Å². The van der Waals surface area contributed by atoms with Crippen molar-refractivity contribution in [3.63, 3.8) is 0 Å². The highest BCUT2D eigenvalue weighted by Gasteiger charge is 2.37. The number of aromatic amines is 1. The summed E-state index contributed by atoms with van der Waals surface area (Å²) in [5.74, 6) is -1.17. The second-order valence-electron chi connectivity index (χ2n) is 11.8. The summed E-state index contributed by atoms with van der Waals surface area (Å²) >= 11 is 0. The van der Waals surface area contributed by atoms with Crippen LogP contribution < -0.4 is 10.2 Å². The first-order chi connectivity index (χ1) is 20.3. The molecule has 1 unspecified atom stereocenters. The molecule has 2 N–H and O–H groups in total. The summed E-state index contributed by atoms with van der Waals surface area (Å²) in [7, 11) is 0. The molecule has 1 aromatic carbocycles. The number of anilines is 1. The molecule has 0 saturated carbocycles. The largest absolute Gasteiger partial charge is 0.357 e. The van der Waals surface area contributed by atoms with E-state index in [0.29, 0.717) is 30.7 Å². The second kappa shape index (κ2) is 12.1. The minimum atomic E-state index is -2.63. The number of fused-ring (bicyclic) bond motifs is 1. The van der Waals surface area contributed by atoms with Gasteiger partial charge in [-0.15, -0.1) is 0 Å². The molecule has 6 rings (SSSR count). The van der Waals surface area contributed by atoms with Gasteiger partial charge >= 0.3 is 0 Å². The van der Waals surface area contributed by atoms with Gasteiger partial charge in [-0.25, -0.2) is 13.8 Å². The summed E-state index contributed by atoms with van der Waals surface area (Å²) in [6.45, 7) is 5.29. The van der Waals surface area contributed by atoms with Crippen LogP contribution in [0.3, 0.4) is 0 Å². The monoisotopic (exact) mass is 573 g/mol. The summed E-state index contributed by atoms with van der Waals surface area (Å²) in [6, 6.07) is 11.8. The maximum atomic E-state index is 13.6. The van der Waals surface area contributed by atoms with E-state index in [1.165, 1.54) is 25.7 Å². The summed E-state index contributed by atoms with van der Waals surface area (Å²) in [4.78, 5) is 26.3. The lowest BCUT2D eigenvalue weighted by Crippen LogP contribution is -2.29. The van der Waals surface area contributed by atoms with Gasteiger partial charge in [0.15, 0.2) is 5.69 Å². The number of hydrogen-bond acceptors (Lipinski definition) is 6. The van der Waals surface area contributed by atoms with Crippen molar-refractivity contribution < 1.29 is 13.6 Å². The summed E-state index contributed by atoms with van der Waals surface area (Å²) in [6.07, 6.45) is 10.1. The van der Waals surface area contributed by atoms with Gasteiger partial charge in [0.1, 0.15) is 5.82 Å². The highest BCUT2D eigenvalue weighted by atomic mass is 19.3. The predicted molar refractivity (Wildman–Crippen MR) is 159 cm³/mol. The number of carbonyl (C=O) groups is 1. The van der Waals surface area contributed by atoms with E-state index in [1.807, 2.05) is 42.6 Å². The molecular weight excluding hydrogens is 536 g/mol. The van der Waals surface area contributed by atoms with E-state index < -0.39 is 5.92 Å². The minimum Gasteiger partial charge on any atom is -0.357 e. The number of nitrogens with one attached hydrogen (secondary N) is 2. The maximum absolute atomic E-state index is 13.6. The first kappa shape index (κ1) is 28.2. The third kappa shape index (κ3) is 6.59. The Morgan fingerprint density at radius 3 is 2.74 bits per heavy atom. The van der Waals surface area contributed by atoms with Crippen LogP contribution in [0, 0.1) is 5.92 Å². The Hall–Kier alpha value is -3.92. The van der Waals surface area contributed by atoms with Crippen molar-refractivity contribution in [2.75, 3.05) is 31.1 Å². The number of hydrogen-bond donors (Lipinski definition) is 2. The Balaban J connectivity index is 1.11. The molecule has 0 bridgehead atoms. The van der Waals surface area contributed by atoms with Crippen LogP contribution in [0.4, 0.5) is 14.6 Å². The fourth-order valence-corrected chi connectivity index (χ4v) is 5.93. The summed E-state index contributed by atoms with van der Waals surface area (Å²) in [5.41, 5.74) is 4.59. The predicted octanol–water partition coefficient (Wildman–Crippen LogP) is 5.81. The van der Waals surface area contributed by atoms with Crippen molar-refractivity contribution in [1.29, 1.82) is 0 Å². The lowest BCUT2D eigenvalue weighted by molar-refractivity contribution is 0.0115. The molecular formula is C32H37F2N7O. The van der Waals surface area contributed by atoms with Crippen molar-refractivity contribution in [2.45, 2.75) is 58.0 Å². The fraction of sp³-hybridized carbons (Fsp3) is 0.438. The number of rotatable bonds is 7. The van der Waals surface area contributed by atoms with Crippen LogP contribution >= 0.6 is 0 Å². The molecule has 42 heavy (non-hydrogen) atoms. The number of alkyl halides is 2. The number of amides is 1. The number of pyridine rings is 2. The Bertz CT molecular complexity index is 1540. The smallest absolute Gasteiger partial charge is 0.272 e. The van der Waals surface area contributed by atoms with Crippen LogP contribution in [0.2, 0.25) is 0 Å². The summed E-state index contributed by atoms with van der Waals surface area (Å²) < 4.78 is 27.3. The van der Waals surface area contributed by atoms with Crippen LogP contribution in [-0.2, 0) is 13.1 Å². The zero-order valence-electron chi connectivity index (χ0n) is 24.0. The standard InChI is InChI=1S/C32H37F2N7O/c1-22-4-2-3-11-41(12-9-22)29-8-5-23(17-36-29)18-37-31(42)30-27-15-25(6-7-28(27)38-39-30)26-14-24(16-35-19-26)20-40-13-10-32(33,34)21-40/h5-8,14-17,19,22H,2-4,9-13,18,20-21H2,1H3,(H,37,42)(H,38,39). The van der Waals surface area contributed by atoms with Gasteiger partial charge in [0.05, 0.1) is 12.1 Å². The van der Waals surface area contributed by atoms with Crippen LogP contribution in [0.25, 0.3) is 22.0 Å². The molecule has 2 fully saturated rings. The Kier molecular flexibility index (Phi) is 8.15. The normalized spacial score (nSPS) is 19.5. The van der Waals surface area contributed by atoms with E-state index in [1.54, 1.807) is 17.3 Å². The Morgan fingerprint density at radius 2 is 1.93 bits per heavy atom. The number of H-pyrrole nitrogens is 1. The van der Waals surface area contributed by atoms with Crippen LogP contribution in [-0.4, -0.2) is 63.1 Å². The number of carbonyl (C=O) groups excluding carboxylic acids is 1. The highest BCUT2D eigenvalue weighted by molar-refractivity contribution is 6.05.